The summed E-state index contributed by atoms with van der Waals surface area (Å²) in [5.74, 6) is 2.80. The van der Waals surface area contributed by atoms with Crippen molar-refractivity contribution in [3.8, 4) is 17.3 Å². The van der Waals surface area contributed by atoms with Gasteiger partial charge >= 0.3 is 0 Å². The van der Waals surface area contributed by atoms with E-state index in [0.29, 0.717) is 54.2 Å². The number of aryl methyl sites for hydroxylation is 1. The highest BCUT2D eigenvalue weighted by Gasteiger charge is 2.31. The summed E-state index contributed by atoms with van der Waals surface area (Å²) >= 11 is 0. The molecule has 1 amide bonds. The second-order valence-corrected chi connectivity index (χ2v) is 7.61. The lowest BCUT2D eigenvalue weighted by atomic mass is 9.87. The number of anilines is 1. The second kappa shape index (κ2) is 8.38. The molecular formula is C23H23N7O3. The summed E-state index contributed by atoms with van der Waals surface area (Å²) in [6, 6.07) is 9.36. The number of amides is 1. The Labute approximate surface area is 189 Å². The molecule has 1 N–H and O–H groups in total. The van der Waals surface area contributed by atoms with Crippen LogP contribution in [0, 0.1) is 6.92 Å². The largest absolute Gasteiger partial charge is 0.490 e. The van der Waals surface area contributed by atoms with Crippen LogP contribution < -0.4 is 14.8 Å². The van der Waals surface area contributed by atoms with E-state index in [1.54, 1.807) is 27.5 Å². The van der Waals surface area contributed by atoms with Crippen LogP contribution >= 0.6 is 0 Å². The first-order valence-corrected chi connectivity index (χ1v) is 10.7. The van der Waals surface area contributed by atoms with Gasteiger partial charge in [-0.25, -0.2) is 0 Å². The molecule has 0 radical (unpaired) electrons. The first kappa shape index (κ1) is 20.7. The highest BCUT2D eigenvalue weighted by Crippen LogP contribution is 2.40. The number of hydrogen-bond donors (Lipinski definition) is 1. The van der Waals surface area contributed by atoms with Gasteiger partial charge in [-0.2, -0.15) is 14.3 Å². The smallest absolute Gasteiger partial charge is 0.226 e. The fraction of sp³-hybridized carbons (Fsp3) is 0.261. The first-order chi connectivity index (χ1) is 16.1. The second-order valence-electron chi connectivity index (χ2n) is 7.61. The molecule has 0 saturated heterocycles. The van der Waals surface area contributed by atoms with Gasteiger partial charge in [0.2, 0.25) is 5.91 Å². The van der Waals surface area contributed by atoms with Gasteiger partial charge in [-0.3, -0.25) is 4.79 Å². The maximum atomic E-state index is 12.7. The van der Waals surface area contributed by atoms with Crippen LogP contribution in [0.3, 0.4) is 0 Å². The molecule has 1 unspecified atom stereocenters. The molecule has 1 aromatic carbocycles. The Hall–Kier alpha value is -4.21. The summed E-state index contributed by atoms with van der Waals surface area (Å²) in [6.45, 7) is 8.31. The maximum absolute atomic E-state index is 12.7. The van der Waals surface area contributed by atoms with Gasteiger partial charge in [0.25, 0.3) is 0 Å². The highest BCUT2D eigenvalue weighted by molar-refractivity contribution is 5.94. The van der Waals surface area contributed by atoms with Crippen molar-refractivity contribution < 1.29 is 14.3 Å². The van der Waals surface area contributed by atoms with Crippen molar-refractivity contribution in [2.45, 2.75) is 26.2 Å². The van der Waals surface area contributed by atoms with Crippen molar-refractivity contribution in [3.63, 3.8) is 0 Å². The number of rotatable bonds is 7. The van der Waals surface area contributed by atoms with E-state index in [-0.39, 0.29) is 11.8 Å². The molecule has 1 atom stereocenters. The third kappa shape index (κ3) is 3.69. The summed E-state index contributed by atoms with van der Waals surface area (Å²) in [6.07, 6.45) is 3.75. The van der Waals surface area contributed by atoms with Crippen molar-refractivity contribution in [1.82, 2.24) is 29.6 Å². The van der Waals surface area contributed by atoms with Crippen molar-refractivity contribution >= 4 is 17.4 Å². The molecule has 0 saturated carbocycles. The Morgan fingerprint density at radius 2 is 2.09 bits per heavy atom. The van der Waals surface area contributed by atoms with Gasteiger partial charge in [0.05, 0.1) is 12.8 Å². The Bertz CT molecular complexity index is 1360. The van der Waals surface area contributed by atoms with Crippen molar-refractivity contribution in [3.05, 3.63) is 66.1 Å². The summed E-state index contributed by atoms with van der Waals surface area (Å²) < 4.78 is 14.8. The summed E-state index contributed by atoms with van der Waals surface area (Å²) in [7, 11) is 0. The molecule has 33 heavy (non-hydrogen) atoms. The number of nitrogens with zero attached hydrogens (tertiary/aromatic N) is 6. The molecule has 3 aromatic heterocycles. The lowest BCUT2D eigenvalue weighted by Gasteiger charge is -2.24. The van der Waals surface area contributed by atoms with Crippen LogP contribution in [0.4, 0.5) is 5.82 Å². The Balaban J connectivity index is 1.55. The van der Waals surface area contributed by atoms with Crippen LogP contribution in [0.5, 0.6) is 11.5 Å². The molecule has 10 heteroatoms. The van der Waals surface area contributed by atoms with Gasteiger partial charge in [-0.1, -0.05) is 18.7 Å². The minimum absolute atomic E-state index is 0.0965. The first-order valence-electron chi connectivity index (χ1n) is 10.7. The van der Waals surface area contributed by atoms with E-state index in [4.69, 9.17) is 9.47 Å². The average Bonchev–Trinajstić information content (AvgIpc) is 3.41. The number of aromatic nitrogens is 6. The Morgan fingerprint density at radius 1 is 1.21 bits per heavy atom. The third-order valence-electron chi connectivity index (χ3n) is 5.47. The molecule has 10 nitrogen and oxygen atoms in total. The van der Waals surface area contributed by atoms with Gasteiger partial charge in [0.1, 0.15) is 12.4 Å². The van der Waals surface area contributed by atoms with E-state index in [1.807, 2.05) is 38.1 Å². The van der Waals surface area contributed by atoms with Crippen LogP contribution in [-0.4, -0.2) is 48.7 Å². The normalized spacial score (nSPS) is 15.2. The minimum atomic E-state index is -0.185. The molecular weight excluding hydrogens is 422 g/mol. The molecule has 0 bridgehead atoms. The minimum Gasteiger partial charge on any atom is -0.490 e. The quantitative estimate of drug-likeness (QED) is 0.436. The van der Waals surface area contributed by atoms with Gasteiger partial charge in [-0.05, 0) is 43.7 Å². The average molecular weight is 445 g/mol. The molecule has 1 aliphatic rings. The van der Waals surface area contributed by atoms with E-state index >= 15 is 0 Å². The molecule has 0 aliphatic carbocycles. The van der Waals surface area contributed by atoms with Crippen LogP contribution in [0.15, 0.2) is 49.2 Å². The number of carbonyl (C=O) groups is 1. The third-order valence-corrected chi connectivity index (χ3v) is 5.47. The number of nitrogens with one attached hydrogen (secondary N) is 1. The van der Waals surface area contributed by atoms with Gasteiger partial charge < -0.3 is 14.8 Å². The van der Waals surface area contributed by atoms with E-state index in [0.717, 1.165) is 11.1 Å². The molecule has 0 spiro atoms. The summed E-state index contributed by atoms with van der Waals surface area (Å²) in [5, 5.41) is 20.2. The number of carbonyl (C=O) groups excluding carboxylic acids is 1. The zero-order valence-corrected chi connectivity index (χ0v) is 18.4. The SMILES string of the molecule is C=CCOc1ccc(C2CC(=O)Nc3c2cnn3-c2ccc3nnc(C)n3n2)cc1OCC. The molecule has 0 fully saturated rings. The van der Waals surface area contributed by atoms with Crippen LogP contribution in [0.1, 0.15) is 36.2 Å². The monoisotopic (exact) mass is 445 g/mol. The number of hydrogen-bond acceptors (Lipinski definition) is 7. The Kier molecular flexibility index (Phi) is 5.25. The van der Waals surface area contributed by atoms with Gasteiger partial charge in [0.15, 0.2) is 28.8 Å². The van der Waals surface area contributed by atoms with E-state index in [1.165, 1.54) is 0 Å². The lowest BCUT2D eigenvalue weighted by molar-refractivity contribution is -0.116. The zero-order valence-electron chi connectivity index (χ0n) is 18.4. The highest BCUT2D eigenvalue weighted by atomic mass is 16.5. The van der Waals surface area contributed by atoms with Gasteiger partial charge in [0, 0.05) is 17.9 Å². The summed E-state index contributed by atoms with van der Waals surface area (Å²) in [5.41, 5.74) is 2.48. The molecule has 5 rings (SSSR count). The standard InChI is InChI=1S/C23H23N7O3/c1-4-10-33-18-7-6-15(11-19(18)32-5-2)16-12-22(31)25-23-17(16)13-24-30(23)21-9-8-20-27-26-14(3)29(20)28-21/h4,6-9,11,13,16H,1,5,10,12H2,2-3H3,(H,25,31). The van der Waals surface area contributed by atoms with Gasteiger partial charge in [-0.15, -0.1) is 15.3 Å². The van der Waals surface area contributed by atoms with E-state index in [2.05, 4.69) is 32.3 Å². The predicted octanol–water partition coefficient (Wildman–Crippen LogP) is 3.06. The molecule has 4 heterocycles. The van der Waals surface area contributed by atoms with Crippen LogP contribution in [0.25, 0.3) is 11.5 Å². The molecule has 168 valence electrons. The number of benzene rings is 1. The predicted molar refractivity (Wildman–Crippen MR) is 121 cm³/mol. The Morgan fingerprint density at radius 3 is 2.91 bits per heavy atom. The number of ether oxygens (including phenoxy) is 2. The van der Waals surface area contributed by atoms with E-state index < -0.39 is 0 Å². The number of fused-ring (bicyclic) bond motifs is 2. The summed E-state index contributed by atoms with van der Waals surface area (Å²) in [4.78, 5) is 12.7. The topological polar surface area (TPSA) is 108 Å². The fourth-order valence-corrected chi connectivity index (χ4v) is 3.97. The van der Waals surface area contributed by atoms with Crippen LogP contribution in [0.2, 0.25) is 0 Å². The van der Waals surface area contributed by atoms with Crippen LogP contribution in [-0.2, 0) is 4.79 Å². The maximum Gasteiger partial charge on any atom is 0.226 e. The zero-order chi connectivity index (χ0) is 22.9. The van der Waals surface area contributed by atoms with E-state index in [9.17, 15) is 4.79 Å². The van der Waals surface area contributed by atoms with Crippen molar-refractivity contribution in [1.29, 1.82) is 0 Å². The van der Waals surface area contributed by atoms with Crippen molar-refractivity contribution in [2.75, 3.05) is 18.5 Å². The van der Waals surface area contributed by atoms with Crippen molar-refractivity contribution in [2.24, 2.45) is 0 Å². The molecule has 1 aliphatic heterocycles. The fourth-order valence-electron chi connectivity index (χ4n) is 3.97. The molecule has 4 aromatic rings. The lowest BCUT2D eigenvalue weighted by Crippen LogP contribution is -2.25.